The van der Waals surface area contributed by atoms with Gasteiger partial charge in [0.05, 0.1) is 30.7 Å². The average Bonchev–Trinajstić information content (AvgIpc) is 3.23. The SMILES string of the molecule is COc1cccc(OCC(=O)N2CCc3nc(C(=O)Nc4cc(F)ccc4N)sc3C2)c1. The Kier molecular flexibility index (Phi) is 6.22. The quantitative estimate of drug-likeness (QED) is 0.552. The molecule has 1 aliphatic rings. The number of nitrogens with zero attached hydrogens (tertiary/aromatic N) is 2. The number of nitrogens with one attached hydrogen (secondary N) is 1. The second-order valence-corrected chi connectivity index (χ2v) is 8.19. The monoisotopic (exact) mass is 456 g/mol. The van der Waals surface area contributed by atoms with Crippen LogP contribution in [0.2, 0.25) is 0 Å². The Hall–Kier alpha value is -3.66. The van der Waals surface area contributed by atoms with Gasteiger partial charge in [0.2, 0.25) is 0 Å². The highest BCUT2D eigenvalue weighted by Gasteiger charge is 2.26. The first-order valence-corrected chi connectivity index (χ1v) is 10.6. The fourth-order valence-corrected chi connectivity index (χ4v) is 4.26. The van der Waals surface area contributed by atoms with Crippen molar-refractivity contribution in [2.24, 2.45) is 0 Å². The maximum Gasteiger partial charge on any atom is 0.284 e. The molecule has 0 bridgehead atoms. The van der Waals surface area contributed by atoms with Gasteiger partial charge in [-0.1, -0.05) is 6.07 Å². The molecule has 2 aromatic carbocycles. The number of methoxy groups -OCH3 is 1. The number of ether oxygens (including phenoxy) is 2. The molecule has 32 heavy (non-hydrogen) atoms. The lowest BCUT2D eigenvalue weighted by molar-refractivity contribution is -0.134. The van der Waals surface area contributed by atoms with Crippen molar-refractivity contribution < 1.29 is 23.5 Å². The number of hydrogen-bond acceptors (Lipinski definition) is 7. The van der Waals surface area contributed by atoms with E-state index >= 15 is 0 Å². The van der Waals surface area contributed by atoms with Crippen LogP contribution in [0.15, 0.2) is 42.5 Å². The molecule has 1 aromatic heterocycles. The lowest BCUT2D eigenvalue weighted by atomic mass is 10.2. The van der Waals surface area contributed by atoms with E-state index in [9.17, 15) is 14.0 Å². The van der Waals surface area contributed by atoms with Crippen molar-refractivity contribution in [3.05, 3.63) is 63.9 Å². The van der Waals surface area contributed by atoms with Crippen molar-refractivity contribution in [3.63, 3.8) is 0 Å². The highest BCUT2D eigenvalue weighted by Crippen LogP contribution is 2.27. The fraction of sp³-hybridized carbons (Fsp3) is 0.227. The van der Waals surface area contributed by atoms with Gasteiger partial charge in [0.1, 0.15) is 17.3 Å². The lowest BCUT2D eigenvalue weighted by Gasteiger charge is -2.26. The summed E-state index contributed by atoms with van der Waals surface area (Å²) in [7, 11) is 1.56. The molecular weight excluding hydrogens is 435 g/mol. The van der Waals surface area contributed by atoms with E-state index in [0.29, 0.717) is 31.0 Å². The van der Waals surface area contributed by atoms with Gasteiger partial charge in [0.25, 0.3) is 11.8 Å². The maximum atomic E-state index is 13.4. The topological polar surface area (TPSA) is 107 Å². The molecule has 0 radical (unpaired) electrons. The van der Waals surface area contributed by atoms with E-state index in [2.05, 4.69) is 10.3 Å². The number of fused-ring (bicyclic) bond motifs is 1. The van der Waals surface area contributed by atoms with Gasteiger partial charge in [0.15, 0.2) is 11.6 Å². The summed E-state index contributed by atoms with van der Waals surface area (Å²) >= 11 is 1.20. The zero-order chi connectivity index (χ0) is 22.7. The number of anilines is 2. The number of rotatable bonds is 6. The second-order valence-electron chi connectivity index (χ2n) is 7.11. The molecule has 3 N–H and O–H groups in total. The van der Waals surface area contributed by atoms with Gasteiger partial charge in [-0.25, -0.2) is 9.37 Å². The predicted molar refractivity (Wildman–Crippen MR) is 118 cm³/mol. The van der Waals surface area contributed by atoms with Crippen molar-refractivity contribution in [1.82, 2.24) is 9.88 Å². The molecule has 10 heteroatoms. The van der Waals surface area contributed by atoms with Gasteiger partial charge in [-0.15, -0.1) is 11.3 Å². The van der Waals surface area contributed by atoms with Crippen molar-refractivity contribution in [3.8, 4) is 11.5 Å². The summed E-state index contributed by atoms with van der Waals surface area (Å²) in [5.74, 6) is 0.0568. The minimum absolute atomic E-state index is 0.104. The molecule has 4 rings (SSSR count). The minimum Gasteiger partial charge on any atom is -0.497 e. The van der Waals surface area contributed by atoms with E-state index in [1.165, 1.54) is 23.5 Å². The summed E-state index contributed by atoms with van der Waals surface area (Å²) in [5, 5.41) is 2.83. The Morgan fingerprint density at radius 2 is 2.06 bits per heavy atom. The summed E-state index contributed by atoms with van der Waals surface area (Å²) in [6.45, 7) is 0.727. The first-order chi connectivity index (χ1) is 15.4. The van der Waals surface area contributed by atoms with E-state index < -0.39 is 11.7 Å². The van der Waals surface area contributed by atoms with Gasteiger partial charge in [0, 0.05) is 23.9 Å². The summed E-state index contributed by atoms with van der Waals surface area (Å²) in [6.07, 6.45) is 0.534. The Labute approximate surface area is 187 Å². The van der Waals surface area contributed by atoms with Crippen LogP contribution in [-0.2, 0) is 17.8 Å². The number of carbonyl (C=O) groups excluding carboxylic acids is 2. The summed E-state index contributed by atoms with van der Waals surface area (Å²) in [5.41, 5.74) is 7.02. The van der Waals surface area contributed by atoms with E-state index in [4.69, 9.17) is 15.2 Å². The normalized spacial score (nSPS) is 12.8. The maximum absolute atomic E-state index is 13.4. The number of hydrogen-bond donors (Lipinski definition) is 2. The first-order valence-electron chi connectivity index (χ1n) is 9.82. The van der Waals surface area contributed by atoms with E-state index in [0.717, 1.165) is 16.6 Å². The number of carbonyl (C=O) groups is 2. The molecule has 0 aliphatic carbocycles. The molecule has 0 unspecified atom stereocenters. The summed E-state index contributed by atoms with van der Waals surface area (Å²) in [4.78, 5) is 32.1. The molecule has 1 aliphatic heterocycles. The van der Waals surface area contributed by atoms with Crippen LogP contribution in [0.4, 0.5) is 15.8 Å². The van der Waals surface area contributed by atoms with Gasteiger partial charge in [-0.2, -0.15) is 0 Å². The number of aromatic nitrogens is 1. The summed E-state index contributed by atoms with van der Waals surface area (Å²) < 4.78 is 24.2. The third-order valence-electron chi connectivity index (χ3n) is 4.95. The van der Waals surface area contributed by atoms with Crippen LogP contribution in [0.25, 0.3) is 0 Å². The van der Waals surface area contributed by atoms with Gasteiger partial charge in [-0.3, -0.25) is 9.59 Å². The molecule has 166 valence electrons. The molecule has 2 heterocycles. The lowest BCUT2D eigenvalue weighted by Crippen LogP contribution is -2.38. The van der Waals surface area contributed by atoms with Crippen molar-refractivity contribution in [2.45, 2.75) is 13.0 Å². The van der Waals surface area contributed by atoms with E-state index in [1.54, 1.807) is 36.3 Å². The molecule has 0 fully saturated rings. The van der Waals surface area contributed by atoms with Crippen LogP contribution in [-0.4, -0.2) is 42.0 Å². The molecule has 0 saturated carbocycles. The standard InChI is InChI=1S/C22H21FN4O4S/c1-30-14-3-2-4-15(10-14)31-12-20(28)27-8-7-17-19(11-27)32-22(26-17)21(29)25-18-9-13(23)5-6-16(18)24/h2-6,9-10H,7-8,11-12,24H2,1H3,(H,25,29). The van der Waals surface area contributed by atoms with Crippen LogP contribution < -0.4 is 20.5 Å². The third kappa shape index (κ3) is 4.80. The molecule has 3 aromatic rings. The number of amides is 2. The first kappa shape index (κ1) is 21.6. The fourth-order valence-electron chi connectivity index (χ4n) is 3.25. The van der Waals surface area contributed by atoms with Crippen molar-refractivity contribution in [2.75, 3.05) is 31.3 Å². The van der Waals surface area contributed by atoms with Crippen molar-refractivity contribution in [1.29, 1.82) is 0 Å². The molecule has 0 atom stereocenters. The predicted octanol–water partition coefficient (Wildman–Crippen LogP) is 3.09. The van der Waals surface area contributed by atoms with Gasteiger partial charge >= 0.3 is 0 Å². The van der Waals surface area contributed by atoms with Crippen LogP contribution in [0.1, 0.15) is 20.4 Å². The van der Waals surface area contributed by atoms with Gasteiger partial charge < -0.3 is 25.4 Å². The van der Waals surface area contributed by atoms with Crippen LogP contribution in [0, 0.1) is 5.82 Å². The Bertz CT molecular complexity index is 1170. The highest BCUT2D eigenvalue weighted by molar-refractivity contribution is 7.13. The Morgan fingerprint density at radius 3 is 2.88 bits per heavy atom. The smallest absolute Gasteiger partial charge is 0.284 e. The number of halogens is 1. The molecule has 8 nitrogen and oxygen atoms in total. The zero-order valence-electron chi connectivity index (χ0n) is 17.3. The second kappa shape index (κ2) is 9.23. The number of benzene rings is 2. The summed E-state index contributed by atoms with van der Waals surface area (Å²) in [6, 6.07) is 10.8. The highest BCUT2D eigenvalue weighted by atomic mass is 32.1. The van der Waals surface area contributed by atoms with Crippen LogP contribution in [0.3, 0.4) is 0 Å². The number of thiazole rings is 1. The number of nitrogen functional groups attached to an aromatic ring is 1. The number of nitrogens with two attached hydrogens (primary N) is 1. The zero-order valence-corrected chi connectivity index (χ0v) is 18.1. The molecular formula is C22H21FN4O4S. The Balaban J connectivity index is 1.38. The largest absolute Gasteiger partial charge is 0.497 e. The van der Waals surface area contributed by atoms with Crippen molar-refractivity contribution >= 4 is 34.5 Å². The minimum atomic E-state index is -0.502. The van der Waals surface area contributed by atoms with Crippen LogP contribution >= 0.6 is 11.3 Å². The van der Waals surface area contributed by atoms with Gasteiger partial charge in [-0.05, 0) is 30.3 Å². The van der Waals surface area contributed by atoms with E-state index in [-0.39, 0.29) is 28.9 Å². The third-order valence-corrected chi connectivity index (χ3v) is 6.03. The molecule has 2 amide bonds. The molecule has 0 saturated heterocycles. The Morgan fingerprint density at radius 1 is 1.25 bits per heavy atom. The average molecular weight is 456 g/mol. The van der Waals surface area contributed by atoms with E-state index in [1.807, 2.05) is 0 Å². The van der Waals surface area contributed by atoms with Crippen LogP contribution in [0.5, 0.6) is 11.5 Å². The molecule has 0 spiro atoms.